The average Bonchev–Trinajstić information content (AvgIpc) is 2.91. The highest BCUT2D eigenvalue weighted by molar-refractivity contribution is 5.80. The number of likely N-dealkylation sites (tertiary alicyclic amines) is 1. The van der Waals surface area contributed by atoms with Gasteiger partial charge in [0.1, 0.15) is 0 Å². The second kappa shape index (κ2) is 5.35. The van der Waals surface area contributed by atoms with Crippen LogP contribution >= 0.6 is 0 Å². The van der Waals surface area contributed by atoms with Crippen LogP contribution in [-0.4, -0.2) is 49.1 Å². The summed E-state index contributed by atoms with van der Waals surface area (Å²) in [5, 5.41) is 2.64. The summed E-state index contributed by atoms with van der Waals surface area (Å²) < 4.78 is 5.94. The first kappa shape index (κ1) is 13.9. The molecule has 1 aliphatic carbocycles. The lowest BCUT2D eigenvalue weighted by Gasteiger charge is -2.34. The van der Waals surface area contributed by atoms with Gasteiger partial charge in [0.2, 0.25) is 11.8 Å². The van der Waals surface area contributed by atoms with Crippen molar-refractivity contribution in [2.45, 2.75) is 44.8 Å². The van der Waals surface area contributed by atoms with E-state index in [1.165, 1.54) is 0 Å². The quantitative estimate of drug-likeness (QED) is 0.831. The Labute approximate surface area is 120 Å². The van der Waals surface area contributed by atoms with Crippen molar-refractivity contribution in [3.8, 4) is 0 Å². The largest absolute Gasteiger partial charge is 0.372 e. The van der Waals surface area contributed by atoms with Crippen LogP contribution in [0.1, 0.15) is 32.6 Å². The number of hydrogen-bond acceptors (Lipinski definition) is 3. The number of fused-ring (bicyclic) bond motifs is 1. The number of amides is 2. The Morgan fingerprint density at radius 1 is 1.25 bits per heavy atom. The minimum Gasteiger partial charge on any atom is -0.372 e. The fourth-order valence-corrected chi connectivity index (χ4v) is 3.84. The van der Waals surface area contributed by atoms with E-state index in [-0.39, 0.29) is 24.0 Å². The van der Waals surface area contributed by atoms with Crippen molar-refractivity contribution in [1.82, 2.24) is 10.2 Å². The molecule has 3 fully saturated rings. The highest BCUT2D eigenvalue weighted by atomic mass is 16.5. The summed E-state index contributed by atoms with van der Waals surface area (Å²) in [6.07, 6.45) is 3.62. The summed E-state index contributed by atoms with van der Waals surface area (Å²) in [4.78, 5) is 25.7. The normalized spacial score (nSPS) is 39.3. The zero-order chi connectivity index (χ0) is 14.3. The third-order valence-electron chi connectivity index (χ3n) is 5.04. The second-order valence-corrected chi connectivity index (χ2v) is 6.69. The Balaban J connectivity index is 1.48. The van der Waals surface area contributed by atoms with Gasteiger partial charge in [-0.1, -0.05) is 6.92 Å². The van der Waals surface area contributed by atoms with Gasteiger partial charge < -0.3 is 15.0 Å². The highest BCUT2D eigenvalue weighted by Gasteiger charge is 2.45. The first-order valence-corrected chi connectivity index (χ1v) is 7.71. The SMILES string of the molecule is CNC(=O)C[C@@H]1C[C@H]2CN(C(=O)C3CC(C)C3)C[C@H]2O1. The fourth-order valence-electron chi connectivity index (χ4n) is 3.84. The molecule has 2 saturated heterocycles. The van der Waals surface area contributed by atoms with Gasteiger partial charge in [0.05, 0.1) is 18.6 Å². The van der Waals surface area contributed by atoms with Gasteiger partial charge in [-0.25, -0.2) is 0 Å². The number of ether oxygens (including phenoxy) is 1. The Hall–Kier alpha value is -1.10. The van der Waals surface area contributed by atoms with Gasteiger partial charge in [0, 0.05) is 32.0 Å². The van der Waals surface area contributed by atoms with Crippen molar-refractivity contribution in [3.05, 3.63) is 0 Å². The lowest BCUT2D eigenvalue weighted by Crippen LogP contribution is -2.41. The van der Waals surface area contributed by atoms with Crippen LogP contribution in [0.25, 0.3) is 0 Å². The van der Waals surface area contributed by atoms with Crippen LogP contribution in [0, 0.1) is 17.8 Å². The molecule has 3 rings (SSSR count). The predicted molar refractivity (Wildman–Crippen MR) is 73.9 cm³/mol. The van der Waals surface area contributed by atoms with Crippen LogP contribution < -0.4 is 5.32 Å². The molecule has 112 valence electrons. The minimum atomic E-state index is 0.0333. The van der Waals surface area contributed by atoms with Crippen molar-refractivity contribution in [2.24, 2.45) is 17.8 Å². The average molecular weight is 280 g/mol. The zero-order valence-electron chi connectivity index (χ0n) is 12.3. The minimum absolute atomic E-state index is 0.0333. The maximum absolute atomic E-state index is 12.3. The number of carbonyl (C=O) groups is 2. The molecule has 5 nitrogen and oxygen atoms in total. The van der Waals surface area contributed by atoms with E-state index in [1.54, 1.807) is 7.05 Å². The molecule has 20 heavy (non-hydrogen) atoms. The van der Waals surface area contributed by atoms with Crippen LogP contribution in [0.15, 0.2) is 0 Å². The van der Waals surface area contributed by atoms with E-state index in [0.29, 0.717) is 24.2 Å². The standard InChI is InChI=1S/C15H24N2O3/c1-9-3-10(4-9)15(19)17-7-11-5-12(6-14(18)16-2)20-13(11)8-17/h9-13H,3-8H2,1-2H3,(H,16,18)/t9?,10?,11-,12-,13+/m0/s1. The monoisotopic (exact) mass is 280 g/mol. The molecular weight excluding hydrogens is 256 g/mol. The van der Waals surface area contributed by atoms with E-state index in [2.05, 4.69) is 12.2 Å². The molecule has 0 unspecified atom stereocenters. The van der Waals surface area contributed by atoms with Crippen LogP contribution in [0.5, 0.6) is 0 Å². The summed E-state index contributed by atoms with van der Waals surface area (Å²) in [6.45, 7) is 3.74. The second-order valence-electron chi connectivity index (χ2n) is 6.69. The molecule has 2 heterocycles. The smallest absolute Gasteiger partial charge is 0.225 e. The van der Waals surface area contributed by atoms with Crippen LogP contribution in [-0.2, 0) is 14.3 Å². The van der Waals surface area contributed by atoms with Gasteiger partial charge in [0.15, 0.2) is 0 Å². The molecule has 5 heteroatoms. The van der Waals surface area contributed by atoms with Crippen molar-refractivity contribution in [1.29, 1.82) is 0 Å². The first-order valence-electron chi connectivity index (χ1n) is 7.71. The van der Waals surface area contributed by atoms with Gasteiger partial charge in [-0.3, -0.25) is 9.59 Å². The predicted octanol–water partition coefficient (Wildman–Crippen LogP) is 0.785. The summed E-state index contributed by atoms with van der Waals surface area (Å²) in [5.41, 5.74) is 0. The summed E-state index contributed by atoms with van der Waals surface area (Å²) in [6, 6.07) is 0. The molecule has 1 saturated carbocycles. The van der Waals surface area contributed by atoms with E-state index < -0.39 is 0 Å². The summed E-state index contributed by atoms with van der Waals surface area (Å²) in [5.74, 6) is 1.74. The Morgan fingerprint density at radius 2 is 2.00 bits per heavy atom. The molecule has 0 aromatic rings. The van der Waals surface area contributed by atoms with Gasteiger partial charge >= 0.3 is 0 Å². The molecule has 0 spiro atoms. The van der Waals surface area contributed by atoms with Crippen molar-refractivity contribution >= 4 is 11.8 Å². The van der Waals surface area contributed by atoms with Crippen LogP contribution in [0.2, 0.25) is 0 Å². The van der Waals surface area contributed by atoms with Gasteiger partial charge in [-0.05, 0) is 25.2 Å². The van der Waals surface area contributed by atoms with E-state index in [0.717, 1.165) is 32.4 Å². The van der Waals surface area contributed by atoms with Crippen LogP contribution in [0.4, 0.5) is 0 Å². The molecule has 0 radical (unpaired) electrons. The third-order valence-corrected chi connectivity index (χ3v) is 5.04. The molecule has 2 aliphatic heterocycles. The molecule has 0 bridgehead atoms. The molecular formula is C15H24N2O3. The molecule has 3 atom stereocenters. The van der Waals surface area contributed by atoms with E-state index in [1.807, 2.05) is 4.90 Å². The van der Waals surface area contributed by atoms with E-state index in [9.17, 15) is 9.59 Å². The van der Waals surface area contributed by atoms with Crippen LogP contribution in [0.3, 0.4) is 0 Å². The maximum Gasteiger partial charge on any atom is 0.225 e. The van der Waals surface area contributed by atoms with Crippen molar-refractivity contribution in [3.63, 3.8) is 0 Å². The summed E-state index contributed by atoms with van der Waals surface area (Å²) >= 11 is 0. The van der Waals surface area contributed by atoms with Crippen molar-refractivity contribution < 1.29 is 14.3 Å². The number of nitrogens with one attached hydrogen (secondary N) is 1. The lowest BCUT2D eigenvalue weighted by atomic mass is 9.75. The maximum atomic E-state index is 12.3. The molecule has 2 amide bonds. The molecule has 1 N–H and O–H groups in total. The van der Waals surface area contributed by atoms with Gasteiger partial charge in [-0.15, -0.1) is 0 Å². The Kier molecular flexibility index (Phi) is 3.71. The zero-order valence-corrected chi connectivity index (χ0v) is 12.3. The number of nitrogens with zero attached hydrogens (tertiary/aromatic N) is 1. The van der Waals surface area contributed by atoms with Crippen molar-refractivity contribution in [2.75, 3.05) is 20.1 Å². The van der Waals surface area contributed by atoms with E-state index in [4.69, 9.17) is 4.74 Å². The number of hydrogen-bond donors (Lipinski definition) is 1. The molecule has 0 aromatic carbocycles. The summed E-state index contributed by atoms with van der Waals surface area (Å²) in [7, 11) is 1.65. The fraction of sp³-hybridized carbons (Fsp3) is 0.867. The van der Waals surface area contributed by atoms with E-state index >= 15 is 0 Å². The Bertz CT molecular complexity index is 392. The molecule has 0 aromatic heterocycles. The van der Waals surface area contributed by atoms with Gasteiger partial charge in [-0.2, -0.15) is 0 Å². The first-order chi connectivity index (χ1) is 9.56. The highest BCUT2D eigenvalue weighted by Crippen LogP contribution is 2.38. The topological polar surface area (TPSA) is 58.6 Å². The molecule has 3 aliphatic rings. The lowest BCUT2D eigenvalue weighted by molar-refractivity contribution is -0.139. The number of carbonyl (C=O) groups excluding carboxylic acids is 2. The Morgan fingerprint density at radius 3 is 2.60 bits per heavy atom. The third kappa shape index (κ3) is 2.55. The number of rotatable bonds is 3. The van der Waals surface area contributed by atoms with Gasteiger partial charge in [0.25, 0.3) is 0 Å².